The molecule has 88 valence electrons. The van der Waals surface area contributed by atoms with E-state index in [0.29, 0.717) is 0 Å². The summed E-state index contributed by atoms with van der Waals surface area (Å²) >= 11 is 0. The summed E-state index contributed by atoms with van der Waals surface area (Å²) < 4.78 is 4.20. The van der Waals surface area contributed by atoms with Gasteiger partial charge < -0.3 is 10.5 Å². The molecule has 0 heterocycles. The van der Waals surface area contributed by atoms with Crippen LogP contribution in [-0.4, -0.2) is 12.1 Å². The highest BCUT2D eigenvalue weighted by Crippen LogP contribution is 2.08. The van der Waals surface area contributed by atoms with Crippen LogP contribution in [0.4, 0.5) is 4.79 Å². The number of esters is 1. The highest BCUT2D eigenvalue weighted by Gasteiger charge is 2.05. The molecular weight excluding hydrogens is 194 g/mol. The summed E-state index contributed by atoms with van der Waals surface area (Å²) in [5.41, 5.74) is 4.70. The van der Waals surface area contributed by atoms with Gasteiger partial charge in [0, 0.05) is 6.42 Å². The van der Waals surface area contributed by atoms with E-state index in [4.69, 9.17) is 5.73 Å². The minimum atomic E-state index is -1.01. The van der Waals surface area contributed by atoms with Crippen molar-refractivity contribution in [2.45, 2.75) is 58.3 Å². The lowest BCUT2D eigenvalue weighted by atomic mass is 10.1. The maximum absolute atomic E-state index is 10.9. The Morgan fingerprint density at radius 2 is 1.53 bits per heavy atom. The Balaban J connectivity index is 3.16. The lowest BCUT2D eigenvalue weighted by molar-refractivity contribution is -0.137. The Morgan fingerprint density at radius 3 is 2.07 bits per heavy atom. The van der Waals surface area contributed by atoms with Crippen LogP contribution in [0.25, 0.3) is 0 Å². The first-order valence-corrected chi connectivity index (χ1v) is 5.67. The second-order valence-corrected chi connectivity index (χ2v) is 3.66. The van der Waals surface area contributed by atoms with Crippen molar-refractivity contribution in [1.29, 1.82) is 0 Å². The fourth-order valence-corrected chi connectivity index (χ4v) is 1.39. The number of ether oxygens (including phenoxy) is 1. The molecule has 0 aromatic rings. The van der Waals surface area contributed by atoms with E-state index >= 15 is 0 Å². The maximum Gasteiger partial charge on any atom is 0.412 e. The summed E-state index contributed by atoms with van der Waals surface area (Å²) in [6, 6.07) is 0. The molecule has 0 rings (SSSR count). The van der Waals surface area contributed by atoms with Crippen LogP contribution in [0.15, 0.2) is 0 Å². The number of hydrogen-bond donors (Lipinski definition) is 1. The van der Waals surface area contributed by atoms with E-state index in [9.17, 15) is 9.59 Å². The Labute approximate surface area is 91.2 Å². The van der Waals surface area contributed by atoms with Crippen molar-refractivity contribution in [3.8, 4) is 0 Å². The predicted molar refractivity (Wildman–Crippen MR) is 58.3 cm³/mol. The normalized spacial score (nSPS) is 9.93. The molecule has 0 aliphatic rings. The van der Waals surface area contributed by atoms with E-state index in [2.05, 4.69) is 11.7 Å². The summed E-state index contributed by atoms with van der Waals surface area (Å²) in [5, 5.41) is 0. The van der Waals surface area contributed by atoms with Gasteiger partial charge in [-0.25, -0.2) is 4.79 Å². The van der Waals surface area contributed by atoms with Crippen molar-refractivity contribution in [2.24, 2.45) is 5.73 Å². The number of primary amides is 1. The van der Waals surface area contributed by atoms with Crippen molar-refractivity contribution >= 4 is 12.1 Å². The van der Waals surface area contributed by atoms with E-state index in [1.807, 2.05) is 0 Å². The third-order valence-corrected chi connectivity index (χ3v) is 2.20. The van der Waals surface area contributed by atoms with Crippen LogP contribution in [0.5, 0.6) is 0 Å². The van der Waals surface area contributed by atoms with Crippen molar-refractivity contribution < 1.29 is 14.3 Å². The average molecular weight is 215 g/mol. The molecule has 0 aliphatic heterocycles. The number of rotatable bonds is 8. The summed E-state index contributed by atoms with van der Waals surface area (Å²) in [5.74, 6) is -0.518. The van der Waals surface area contributed by atoms with Gasteiger partial charge in [0.2, 0.25) is 0 Å². The molecule has 0 fully saturated rings. The quantitative estimate of drug-likeness (QED) is 0.384. The molecule has 0 spiro atoms. The smallest absolute Gasteiger partial charge is 0.376 e. The summed E-state index contributed by atoms with van der Waals surface area (Å²) in [4.78, 5) is 21.1. The average Bonchev–Trinajstić information content (AvgIpc) is 2.15. The third-order valence-electron chi connectivity index (χ3n) is 2.20. The molecule has 0 unspecified atom stereocenters. The number of nitrogens with two attached hydrogens (primary N) is 1. The summed E-state index contributed by atoms with van der Waals surface area (Å²) in [6.45, 7) is 2.18. The lowest BCUT2D eigenvalue weighted by Gasteiger charge is -2.00. The first kappa shape index (κ1) is 13.9. The van der Waals surface area contributed by atoms with Crippen LogP contribution in [0.3, 0.4) is 0 Å². The topological polar surface area (TPSA) is 69.4 Å². The maximum atomic E-state index is 10.9. The zero-order valence-electron chi connectivity index (χ0n) is 9.46. The number of carbonyl (C=O) groups excluding carboxylic acids is 2. The standard InChI is InChI=1S/C11H21NO3/c1-2-3-4-5-6-7-8-9-10(13)15-11(12)14/h2-9H2,1H3,(H2,12,14). The van der Waals surface area contributed by atoms with Crippen LogP contribution in [0.1, 0.15) is 58.3 Å². The van der Waals surface area contributed by atoms with Crippen LogP contribution in [0.2, 0.25) is 0 Å². The Kier molecular flexibility index (Phi) is 8.82. The minimum absolute atomic E-state index is 0.288. The molecule has 0 atom stereocenters. The van der Waals surface area contributed by atoms with Crippen molar-refractivity contribution in [3.05, 3.63) is 0 Å². The van der Waals surface area contributed by atoms with Crippen molar-refractivity contribution in [2.75, 3.05) is 0 Å². The molecule has 0 bridgehead atoms. The molecule has 0 aliphatic carbocycles. The molecule has 0 radical (unpaired) electrons. The molecule has 2 N–H and O–H groups in total. The number of hydrogen-bond acceptors (Lipinski definition) is 3. The van der Waals surface area contributed by atoms with Crippen molar-refractivity contribution in [3.63, 3.8) is 0 Å². The highest BCUT2D eigenvalue weighted by molar-refractivity contribution is 5.83. The van der Waals surface area contributed by atoms with Crippen LogP contribution >= 0.6 is 0 Å². The molecular formula is C11H21NO3. The van der Waals surface area contributed by atoms with Gasteiger partial charge in [-0.05, 0) is 6.42 Å². The fourth-order valence-electron chi connectivity index (χ4n) is 1.39. The molecule has 15 heavy (non-hydrogen) atoms. The number of unbranched alkanes of at least 4 members (excludes halogenated alkanes) is 6. The Bertz CT molecular complexity index is 192. The van der Waals surface area contributed by atoms with Gasteiger partial charge >= 0.3 is 12.1 Å². The molecule has 4 heteroatoms. The van der Waals surface area contributed by atoms with Gasteiger partial charge in [0.25, 0.3) is 0 Å². The van der Waals surface area contributed by atoms with Gasteiger partial charge in [0.1, 0.15) is 0 Å². The van der Waals surface area contributed by atoms with E-state index in [1.54, 1.807) is 0 Å². The van der Waals surface area contributed by atoms with E-state index < -0.39 is 12.1 Å². The molecule has 0 aromatic carbocycles. The molecule has 0 saturated heterocycles. The predicted octanol–water partition coefficient (Wildman–Crippen LogP) is 2.75. The van der Waals surface area contributed by atoms with Crippen LogP contribution in [0, 0.1) is 0 Å². The lowest BCUT2D eigenvalue weighted by Crippen LogP contribution is -2.18. The molecule has 0 saturated carbocycles. The van der Waals surface area contributed by atoms with E-state index in [1.165, 1.54) is 25.7 Å². The van der Waals surface area contributed by atoms with Crippen LogP contribution in [-0.2, 0) is 9.53 Å². The SMILES string of the molecule is CCCCCCCCCC(=O)OC(N)=O. The molecule has 0 aromatic heterocycles. The first-order chi connectivity index (χ1) is 7.16. The zero-order chi connectivity index (χ0) is 11.5. The van der Waals surface area contributed by atoms with Gasteiger partial charge in [-0.3, -0.25) is 4.79 Å². The number of amides is 1. The second kappa shape index (κ2) is 9.49. The van der Waals surface area contributed by atoms with E-state index in [0.717, 1.165) is 19.3 Å². The summed E-state index contributed by atoms with van der Waals surface area (Å²) in [7, 11) is 0. The third kappa shape index (κ3) is 10.9. The Hall–Kier alpha value is -1.06. The van der Waals surface area contributed by atoms with Gasteiger partial charge in [-0.1, -0.05) is 45.4 Å². The van der Waals surface area contributed by atoms with Gasteiger partial charge in [0.05, 0.1) is 0 Å². The Morgan fingerprint density at radius 1 is 1.00 bits per heavy atom. The summed E-state index contributed by atoms with van der Waals surface area (Å²) in [6.07, 6.45) is 7.22. The van der Waals surface area contributed by atoms with Gasteiger partial charge in [-0.15, -0.1) is 0 Å². The van der Waals surface area contributed by atoms with Crippen molar-refractivity contribution in [1.82, 2.24) is 0 Å². The number of carbonyl (C=O) groups is 2. The zero-order valence-corrected chi connectivity index (χ0v) is 9.46. The van der Waals surface area contributed by atoms with Crippen LogP contribution < -0.4 is 5.73 Å². The monoisotopic (exact) mass is 215 g/mol. The van der Waals surface area contributed by atoms with Gasteiger partial charge in [-0.2, -0.15) is 0 Å². The highest BCUT2D eigenvalue weighted by atomic mass is 16.6. The minimum Gasteiger partial charge on any atom is -0.376 e. The van der Waals surface area contributed by atoms with Gasteiger partial charge in [0.15, 0.2) is 0 Å². The largest absolute Gasteiger partial charge is 0.412 e. The fraction of sp³-hybridized carbons (Fsp3) is 0.818. The van der Waals surface area contributed by atoms with E-state index in [-0.39, 0.29) is 6.42 Å². The second-order valence-electron chi connectivity index (χ2n) is 3.66. The molecule has 1 amide bonds. The molecule has 4 nitrogen and oxygen atoms in total. The first-order valence-electron chi connectivity index (χ1n) is 5.67.